The zero-order valence-electron chi connectivity index (χ0n) is 21.7. The van der Waals surface area contributed by atoms with Crippen LogP contribution < -0.4 is 18.9 Å². The van der Waals surface area contributed by atoms with E-state index < -0.39 is 0 Å². The molecule has 208 valence electrons. The fraction of sp³-hybridized carbons (Fsp3) is 0.143. The van der Waals surface area contributed by atoms with Gasteiger partial charge in [0.15, 0.2) is 0 Å². The van der Waals surface area contributed by atoms with Gasteiger partial charge in [0.05, 0.1) is 70.3 Å². The van der Waals surface area contributed by atoms with Crippen LogP contribution in [-0.4, -0.2) is 48.9 Å². The molecule has 1 aliphatic heterocycles. The largest absolute Gasteiger partial charge is 0.506 e. The van der Waals surface area contributed by atoms with Crippen molar-refractivity contribution in [3.8, 4) is 68.2 Å². The van der Waals surface area contributed by atoms with Crippen molar-refractivity contribution in [3.05, 3.63) is 48.5 Å². The zero-order chi connectivity index (χ0) is 28.6. The number of aromatic hydroxyl groups is 4. The fourth-order valence-corrected chi connectivity index (χ4v) is 8.58. The second-order valence-electron chi connectivity index (χ2n) is 8.29. The molecule has 40 heavy (non-hydrogen) atoms. The fourth-order valence-electron chi connectivity index (χ4n) is 4.31. The van der Waals surface area contributed by atoms with Crippen LogP contribution in [0.1, 0.15) is 0 Å². The van der Waals surface area contributed by atoms with Crippen LogP contribution in [-0.2, 0) is 0 Å². The number of methoxy groups -OCH3 is 4. The van der Waals surface area contributed by atoms with Gasteiger partial charge in [-0.3, -0.25) is 0 Å². The van der Waals surface area contributed by atoms with Crippen LogP contribution in [0.4, 0.5) is 0 Å². The van der Waals surface area contributed by atoms with Crippen molar-refractivity contribution in [3.63, 3.8) is 0 Å². The molecule has 0 amide bonds. The Hall–Kier alpha value is -3.32. The third kappa shape index (κ3) is 4.78. The average Bonchev–Trinajstić information content (AvgIpc) is 2.96. The minimum atomic E-state index is -0.120. The molecule has 0 atom stereocenters. The van der Waals surface area contributed by atoms with E-state index in [4.69, 9.17) is 18.9 Å². The third-order valence-corrected chi connectivity index (χ3v) is 11.1. The maximum absolute atomic E-state index is 11.4. The molecule has 12 heteroatoms. The standard InChI is InChI=1S/C28H24O8S4/c1-33-13-5-9-17-25(29)21(13)22-14(34-2)6-10-18(26(22)30)38-40-20-12-8-16(36-4)24(28(20)32)23-15(35-3)7-11-19(27(23)31)39-37-17/h5-12,29-32H,1-4H3. The number of rotatable bonds is 4. The number of ether oxygens (including phenoxy) is 4. The molecule has 8 bridgehead atoms. The maximum Gasteiger partial charge on any atom is 0.141 e. The molecule has 0 spiro atoms. The number of phenolic OH excluding ortho intramolecular Hbond substituents is 4. The Morgan fingerprint density at radius 2 is 0.575 bits per heavy atom. The van der Waals surface area contributed by atoms with Gasteiger partial charge in [-0.2, -0.15) is 0 Å². The smallest absolute Gasteiger partial charge is 0.141 e. The summed E-state index contributed by atoms with van der Waals surface area (Å²) in [6.07, 6.45) is 0. The minimum Gasteiger partial charge on any atom is -0.506 e. The summed E-state index contributed by atoms with van der Waals surface area (Å²) in [5, 5.41) is 45.8. The van der Waals surface area contributed by atoms with E-state index in [-0.39, 0.29) is 45.3 Å². The van der Waals surface area contributed by atoms with E-state index in [9.17, 15) is 20.4 Å². The van der Waals surface area contributed by atoms with Crippen molar-refractivity contribution in [2.24, 2.45) is 0 Å². The lowest BCUT2D eigenvalue weighted by atomic mass is 10.0. The molecule has 4 aromatic rings. The molecule has 4 N–H and O–H groups in total. The first kappa shape index (κ1) is 28.2. The van der Waals surface area contributed by atoms with E-state index in [1.54, 1.807) is 48.5 Å². The molecule has 0 aromatic heterocycles. The van der Waals surface area contributed by atoms with Crippen molar-refractivity contribution in [2.45, 2.75) is 19.6 Å². The van der Waals surface area contributed by atoms with Crippen LogP contribution >= 0.6 is 43.2 Å². The van der Waals surface area contributed by atoms with Gasteiger partial charge in [-0.1, -0.05) is 0 Å². The van der Waals surface area contributed by atoms with Gasteiger partial charge in [0, 0.05) is 0 Å². The Bertz CT molecular complexity index is 1370. The summed E-state index contributed by atoms with van der Waals surface area (Å²) in [6.45, 7) is 0. The minimum absolute atomic E-state index is 0.120. The van der Waals surface area contributed by atoms with Crippen LogP contribution in [0.15, 0.2) is 68.1 Å². The van der Waals surface area contributed by atoms with Crippen molar-refractivity contribution >= 4 is 43.2 Å². The molecular formula is C28H24O8S4. The summed E-state index contributed by atoms with van der Waals surface area (Å²) in [7, 11) is 10.7. The molecule has 8 nitrogen and oxygen atoms in total. The summed E-state index contributed by atoms with van der Waals surface area (Å²) < 4.78 is 22.2. The van der Waals surface area contributed by atoms with E-state index in [0.29, 0.717) is 42.6 Å². The number of fused-ring (bicyclic) bond motifs is 10. The Balaban J connectivity index is 1.81. The molecule has 1 aliphatic rings. The molecular weight excluding hydrogens is 593 g/mol. The highest BCUT2D eigenvalue weighted by Gasteiger charge is 2.28. The summed E-state index contributed by atoms with van der Waals surface area (Å²) in [5.41, 5.74) is 1.04. The van der Waals surface area contributed by atoms with E-state index in [1.165, 1.54) is 71.6 Å². The zero-order valence-corrected chi connectivity index (χ0v) is 24.9. The van der Waals surface area contributed by atoms with E-state index >= 15 is 0 Å². The van der Waals surface area contributed by atoms with E-state index in [0.717, 1.165) is 0 Å². The van der Waals surface area contributed by atoms with Gasteiger partial charge in [0.2, 0.25) is 0 Å². The van der Waals surface area contributed by atoms with E-state index in [2.05, 4.69) is 0 Å². The number of phenols is 4. The predicted octanol–water partition coefficient (Wildman–Crippen LogP) is 7.79. The lowest BCUT2D eigenvalue weighted by molar-refractivity contribution is 0.397. The monoisotopic (exact) mass is 616 g/mol. The third-order valence-electron chi connectivity index (χ3n) is 6.23. The molecule has 1 heterocycles. The van der Waals surface area contributed by atoms with Crippen molar-refractivity contribution in [2.75, 3.05) is 28.4 Å². The van der Waals surface area contributed by atoms with Crippen LogP contribution in [0, 0.1) is 0 Å². The highest BCUT2D eigenvalue weighted by atomic mass is 33.1. The second-order valence-corrected chi connectivity index (χ2v) is 12.7. The summed E-state index contributed by atoms with van der Waals surface area (Å²) in [6, 6.07) is 13.5. The van der Waals surface area contributed by atoms with Crippen LogP contribution in [0.5, 0.6) is 46.0 Å². The van der Waals surface area contributed by atoms with Crippen molar-refractivity contribution in [1.29, 1.82) is 0 Å². The summed E-state index contributed by atoms with van der Waals surface area (Å²) >= 11 is 0. The summed E-state index contributed by atoms with van der Waals surface area (Å²) in [4.78, 5) is 1.84. The number of benzene rings is 4. The molecule has 0 unspecified atom stereocenters. The first-order valence-corrected chi connectivity index (χ1v) is 15.9. The highest BCUT2D eigenvalue weighted by Crippen LogP contribution is 2.59. The topological polar surface area (TPSA) is 118 Å². The lowest BCUT2D eigenvalue weighted by Crippen LogP contribution is -1.95. The molecule has 0 radical (unpaired) electrons. The first-order chi connectivity index (χ1) is 19.3. The van der Waals surface area contributed by atoms with Crippen LogP contribution in [0.25, 0.3) is 22.3 Å². The van der Waals surface area contributed by atoms with Crippen molar-refractivity contribution < 1.29 is 39.4 Å². The van der Waals surface area contributed by atoms with Gasteiger partial charge >= 0.3 is 0 Å². The van der Waals surface area contributed by atoms with Gasteiger partial charge < -0.3 is 39.4 Å². The Morgan fingerprint density at radius 1 is 0.375 bits per heavy atom. The van der Waals surface area contributed by atoms with E-state index in [1.807, 2.05) is 0 Å². The molecule has 0 saturated heterocycles. The van der Waals surface area contributed by atoms with Gasteiger partial charge in [0.1, 0.15) is 46.0 Å². The average molecular weight is 617 g/mol. The molecule has 0 fully saturated rings. The first-order valence-electron chi connectivity index (χ1n) is 11.6. The predicted molar refractivity (Wildman–Crippen MR) is 160 cm³/mol. The molecule has 4 aromatic carbocycles. The van der Waals surface area contributed by atoms with Gasteiger partial charge in [-0.25, -0.2) is 0 Å². The number of hydrogen-bond acceptors (Lipinski definition) is 12. The van der Waals surface area contributed by atoms with Crippen molar-refractivity contribution in [1.82, 2.24) is 0 Å². The lowest BCUT2D eigenvalue weighted by Gasteiger charge is -2.20. The second kappa shape index (κ2) is 11.7. The maximum atomic E-state index is 11.4. The number of hydrogen-bond donors (Lipinski definition) is 4. The SMILES string of the molecule is COc1ccc2c(O)c1-c1c(OC)ccc(c1O)SSc1ccc(OC)c(c1O)-c1c(OC)ccc(c1O)SS2. The quantitative estimate of drug-likeness (QED) is 0.168. The summed E-state index contributed by atoms with van der Waals surface area (Å²) in [5.74, 6) is 0.865. The Morgan fingerprint density at radius 3 is 0.750 bits per heavy atom. The Labute approximate surface area is 246 Å². The normalized spacial score (nSPS) is 12.5. The Kier molecular flexibility index (Phi) is 8.22. The molecule has 5 rings (SSSR count). The molecule has 0 saturated carbocycles. The highest BCUT2D eigenvalue weighted by molar-refractivity contribution is 8.77. The van der Waals surface area contributed by atoms with Gasteiger partial charge in [0.25, 0.3) is 0 Å². The van der Waals surface area contributed by atoms with Gasteiger partial charge in [-0.15, -0.1) is 0 Å². The van der Waals surface area contributed by atoms with Crippen LogP contribution in [0.2, 0.25) is 0 Å². The van der Waals surface area contributed by atoms with Crippen LogP contribution in [0.3, 0.4) is 0 Å². The molecule has 0 aliphatic carbocycles. The van der Waals surface area contributed by atoms with Gasteiger partial charge in [-0.05, 0) is 91.7 Å².